The fraction of sp³-hybridized carbons (Fsp3) is 0.0385. The Balaban J connectivity index is 1.50. The Bertz CT molecular complexity index is 1550. The van der Waals surface area contributed by atoms with Crippen molar-refractivity contribution < 1.29 is 4.74 Å². The van der Waals surface area contributed by atoms with E-state index in [0.29, 0.717) is 6.61 Å². The number of para-hydroxylation sites is 4. The predicted molar refractivity (Wildman–Crippen MR) is 120 cm³/mol. The van der Waals surface area contributed by atoms with Crippen LogP contribution in [0.4, 0.5) is 0 Å². The molecule has 0 saturated carbocycles. The lowest BCUT2D eigenvalue weighted by atomic mass is 10.2. The van der Waals surface area contributed by atoms with Gasteiger partial charge in [-0.2, -0.15) is 0 Å². The van der Waals surface area contributed by atoms with Crippen LogP contribution in [0.15, 0.2) is 91.0 Å². The van der Waals surface area contributed by atoms with E-state index in [0.717, 1.165) is 34.0 Å². The molecule has 6 aromatic rings. The summed E-state index contributed by atoms with van der Waals surface area (Å²) in [5, 5.41) is 2.52. The molecule has 0 bridgehead atoms. The molecule has 0 fully saturated rings. The molecule has 0 amide bonds. The molecule has 0 saturated heterocycles. The van der Waals surface area contributed by atoms with Crippen molar-refractivity contribution in [2.45, 2.75) is 6.61 Å². The maximum absolute atomic E-state index is 6.15. The number of aromatic nitrogens is 3. The zero-order valence-electron chi connectivity index (χ0n) is 16.1. The van der Waals surface area contributed by atoms with Gasteiger partial charge in [0.2, 0.25) is 0 Å². The fourth-order valence-corrected chi connectivity index (χ4v) is 4.73. The van der Waals surface area contributed by atoms with Crippen LogP contribution >= 0.6 is 0 Å². The summed E-state index contributed by atoms with van der Waals surface area (Å²) in [7, 11) is 0. The van der Waals surface area contributed by atoms with E-state index in [9.17, 15) is 0 Å². The molecule has 3 heterocycles. The second kappa shape index (κ2) is 5.74. The smallest absolute Gasteiger partial charge is 0.152 e. The highest BCUT2D eigenvalue weighted by Gasteiger charge is 2.22. The molecule has 0 aliphatic carbocycles. The molecule has 7 rings (SSSR count). The molecular weight excluding hydrogens is 370 g/mol. The van der Waals surface area contributed by atoms with Gasteiger partial charge in [-0.05, 0) is 36.4 Å². The molecular formula is C26H17N3O. The van der Waals surface area contributed by atoms with Gasteiger partial charge in [-0.1, -0.05) is 48.5 Å². The highest BCUT2D eigenvalue weighted by molar-refractivity contribution is 6.09. The lowest BCUT2D eigenvalue weighted by Crippen LogP contribution is -2.13. The van der Waals surface area contributed by atoms with Gasteiger partial charge in [0.1, 0.15) is 12.4 Å². The first-order valence-electron chi connectivity index (χ1n) is 10.1. The first kappa shape index (κ1) is 15.8. The molecule has 0 N–H and O–H groups in total. The molecule has 2 aromatic heterocycles. The normalized spacial score (nSPS) is 12.8. The van der Waals surface area contributed by atoms with Crippen molar-refractivity contribution >= 4 is 32.8 Å². The third-order valence-corrected chi connectivity index (χ3v) is 6.01. The van der Waals surface area contributed by atoms with E-state index in [1.807, 2.05) is 12.1 Å². The molecule has 4 aromatic carbocycles. The van der Waals surface area contributed by atoms with Gasteiger partial charge in [0.05, 0.1) is 33.4 Å². The Kier molecular flexibility index (Phi) is 3.03. The third kappa shape index (κ3) is 2.02. The second-order valence-electron chi connectivity index (χ2n) is 7.66. The van der Waals surface area contributed by atoms with Gasteiger partial charge in [0, 0.05) is 16.8 Å². The van der Waals surface area contributed by atoms with Gasteiger partial charge in [-0.25, -0.2) is 4.98 Å². The van der Waals surface area contributed by atoms with Crippen LogP contribution in [0, 0.1) is 0 Å². The Morgan fingerprint density at radius 1 is 0.667 bits per heavy atom. The molecule has 4 nitrogen and oxygen atoms in total. The number of rotatable bonds is 1. The zero-order valence-corrected chi connectivity index (χ0v) is 16.1. The monoisotopic (exact) mass is 387 g/mol. The average Bonchev–Trinajstić information content (AvgIpc) is 3.35. The Labute approximate surface area is 172 Å². The molecule has 0 spiro atoms. The van der Waals surface area contributed by atoms with E-state index in [2.05, 4.69) is 88.0 Å². The summed E-state index contributed by atoms with van der Waals surface area (Å²) in [5.41, 5.74) is 6.64. The van der Waals surface area contributed by atoms with Gasteiger partial charge >= 0.3 is 0 Å². The van der Waals surface area contributed by atoms with Crippen molar-refractivity contribution in [2.75, 3.05) is 0 Å². The quantitative estimate of drug-likeness (QED) is 0.346. The molecule has 4 heteroatoms. The minimum atomic E-state index is 0.471. The maximum atomic E-state index is 6.15. The summed E-state index contributed by atoms with van der Waals surface area (Å²) < 4.78 is 10.7. The third-order valence-electron chi connectivity index (χ3n) is 6.01. The zero-order chi connectivity index (χ0) is 19.7. The number of hydrogen-bond donors (Lipinski definition) is 0. The molecule has 142 valence electrons. The first-order valence-corrected chi connectivity index (χ1v) is 10.1. The number of ether oxygens (including phenoxy) is 1. The average molecular weight is 387 g/mol. The molecule has 1 aliphatic rings. The van der Waals surface area contributed by atoms with Crippen LogP contribution < -0.4 is 4.74 Å². The SMILES string of the molecule is c1ccc2c(c1)nc1n2-c2ccc(-n3c4ccccc4c4ccccc43)cc2OC1. The molecule has 0 unspecified atom stereocenters. The Hall–Kier alpha value is -4.05. The number of hydrogen-bond acceptors (Lipinski definition) is 2. The number of imidazole rings is 1. The van der Waals surface area contributed by atoms with Gasteiger partial charge < -0.3 is 9.30 Å². The Morgan fingerprint density at radius 2 is 1.33 bits per heavy atom. The van der Waals surface area contributed by atoms with Crippen molar-refractivity contribution in [1.29, 1.82) is 0 Å². The van der Waals surface area contributed by atoms with Crippen molar-refractivity contribution in [3.05, 3.63) is 96.8 Å². The summed E-state index contributed by atoms with van der Waals surface area (Å²) in [5.74, 6) is 1.82. The molecule has 0 radical (unpaired) electrons. The van der Waals surface area contributed by atoms with Crippen molar-refractivity contribution in [3.8, 4) is 17.1 Å². The van der Waals surface area contributed by atoms with Crippen LogP contribution in [0.25, 0.3) is 44.2 Å². The van der Waals surface area contributed by atoms with E-state index < -0.39 is 0 Å². The highest BCUT2D eigenvalue weighted by Crippen LogP contribution is 2.37. The van der Waals surface area contributed by atoms with Crippen molar-refractivity contribution in [2.24, 2.45) is 0 Å². The predicted octanol–water partition coefficient (Wildman–Crippen LogP) is 6.02. The van der Waals surface area contributed by atoms with E-state index in [1.165, 1.54) is 21.8 Å². The summed E-state index contributed by atoms with van der Waals surface area (Å²) >= 11 is 0. The molecule has 0 atom stereocenters. The van der Waals surface area contributed by atoms with E-state index in [-0.39, 0.29) is 0 Å². The number of benzene rings is 4. The van der Waals surface area contributed by atoms with Gasteiger partial charge in [0.15, 0.2) is 5.82 Å². The van der Waals surface area contributed by atoms with Gasteiger partial charge in [-0.3, -0.25) is 4.57 Å². The number of nitrogens with zero attached hydrogens (tertiary/aromatic N) is 3. The van der Waals surface area contributed by atoms with E-state index >= 15 is 0 Å². The summed E-state index contributed by atoms with van der Waals surface area (Å²) in [4.78, 5) is 4.74. The van der Waals surface area contributed by atoms with Crippen LogP contribution in [0.2, 0.25) is 0 Å². The maximum Gasteiger partial charge on any atom is 0.152 e. The van der Waals surface area contributed by atoms with Crippen LogP contribution in [0.5, 0.6) is 5.75 Å². The van der Waals surface area contributed by atoms with Gasteiger partial charge in [0.25, 0.3) is 0 Å². The van der Waals surface area contributed by atoms with Gasteiger partial charge in [-0.15, -0.1) is 0 Å². The van der Waals surface area contributed by atoms with Crippen LogP contribution in [0.3, 0.4) is 0 Å². The number of fused-ring (bicyclic) bond motifs is 8. The van der Waals surface area contributed by atoms with Crippen LogP contribution in [0.1, 0.15) is 5.82 Å². The molecule has 30 heavy (non-hydrogen) atoms. The van der Waals surface area contributed by atoms with Crippen LogP contribution in [-0.4, -0.2) is 14.1 Å². The summed E-state index contributed by atoms with van der Waals surface area (Å²) in [6, 6.07) is 31.8. The second-order valence-corrected chi connectivity index (χ2v) is 7.66. The standard InChI is InChI=1S/C26H17N3O/c1-4-10-21-18(7-1)19-8-2-5-11-22(19)28(21)17-13-14-24-25(15-17)30-16-26-27-20-9-3-6-12-23(20)29(24)26/h1-15H,16H2. The molecule has 1 aliphatic heterocycles. The summed E-state index contributed by atoms with van der Waals surface area (Å²) in [6.45, 7) is 0.471. The Morgan fingerprint density at radius 3 is 2.10 bits per heavy atom. The van der Waals surface area contributed by atoms with Crippen molar-refractivity contribution in [3.63, 3.8) is 0 Å². The van der Waals surface area contributed by atoms with Crippen molar-refractivity contribution in [1.82, 2.24) is 14.1 Å². The lowest BCUT2D eigenvalue weighted by molar-refractivity contribution is 0.280. The van der Waals surface area contributed by atoms with E-state index in [1.54, 1.807) is 0 Å². The largest absolute Gasteiger partial charge is 0.483 e. The fourth-order valence-electron chi connectivity index (χ4n) is 4.73. The van der Waals surface area contributed by atoms with Crippen LogP contribution in [-0.2, 0) is 6.61 Å². The highest BCUT2D eigenvalue weighted by atomic mass is 16.5. The minimum Gasteiger partial charge on any atom is -0.483 e. The first-order chi connectivity index (χ1) is 14.9. The lowest BCUT2D eigenvalue weighted by Gasteiger charge is -2.21. The minimum absolute atomic E-state index is 0.471. The summed E-state index contributed by atoms with van der Waals surface area (Å²) in [6.07, 6.45) is 0. The topological polar surface area (TPSA) is 32.0 Å². The van der Waals surface area contributed by atoms with E-state index in [4.69, 9.17) is 9.72 Å².